The summed E-state index contributed by atoms with van der Waals surface area (Å²) in [7, 11) is 0. The molecule has 0 heterocycles. The Labute approximate surface area is 74.5 Å². The SMILES string of the molecule is CC.CC(=O)NC(C=O)C(C)C. The number of carbonyl (C=O) groups excluding carboxylic acids is 2. The van der Waals surface area contributed by atoms with Crippen molar-refractivity contribution in [2.24, 2.45) is 5.92 Å². The van der Waals surface area contributed by atoms with Crippen molar-refractivity contribution in [2.75, 3.05) is 0 Å². The summed E-state index contributed by atoms with van der Waals surface area (Å²) >= 11 is 0. The molecule has 1 unspecified atom stereocenters. The van der Waals surface area contributed by atoms with E-state index < -0.39 is 0 Å². The Kier molecular flexibility index (Phi) is 9.41. The highest BCUT2D eigenvalue weighted by atomic mass is 16.2. The smallest absolute Gasteiger partial charge is 0.217 e. The van der Waals surface area contributed by atoms with Gasteiger partial charge in [-0.3, -0.25) is 4.79 Å². The van der Waals surface area contributed by atoms with E-state index in [1.807, 2.05) is 27.7 Å². The standard InChI is InChI=1S/C7H13NO2.C2H6/c1-5(2)7(4-9)8-6(3)10;1-2/h4-5,7H,1-3H3,(H,8,10);1-2H3. The van der Waals surface area contributed by atoms with Gasteiger partial charge in [0.05, 0.1) is 6.04 Å². The zero-order valence-corrected chi connectivity index (χ0v) is 8.55. The Morgan fingerprint density at radius 2 is 1.75 bits per heavy atom. The maximum absolute atomic E-state index is 10.4. The summed E-state index contributed by atoms with van der Waals surface area (Å²) in [6.07, 6.45) is 0.756. The molecule has 72 valence electrons. The maximum atomic E-state index is 10.4. The molecule has 0 fully saturated rings. The normalized spacial score (nSPS) is 11.2. The zero-order chi connectivity index (χ0) is 10.1. The minimum Gasteiger partial charge on any atom is -0.347 e. The third-order valence-electron chi connectivity index (χ3n) is 1.23. The van der Waals surface area contributed by atoms with Crippen LogP contribution in [-0.4, -0.2) is 18.2 Å². The Hall–Kier alpha value is -0.860. The molecule has 12 heavy (non-hydrogen) atoms. The summed E-state index contributed by atoms with van der Waals surface area (Å²) in [5.41, 5.74) is 0. The Balaban J connectivity index is 0. The van der Waals surface area contributed by atoms with Crippen LogP contribution in [0.1, 0.15) is 34.6 Å². The quantitative estimate of drug-likeness (QED) is 0.655. The van der Waals surface area contributed by atoms with E-state index in [0.717, 1.165) is 6.29 Å². The lowest BCUT2D eigenvalue weighted by molar-refractivity contribution is -0.122. The molecular formula is C9H19NO2. The molecule has 0 saturated carbocycles. The lowest BCUT2D eigenvalue weighted by atomic mass is 10.1. The van der Waals surface area contributed by atoms with Crippen molar-refractivity contribution < 1.29 is 9.59 Å². The molecule has 1 N–H and O–H groups in total. The lowest BCUT2D eigenvalue weighted by Gasteiger charge is -2.13. The summed E-state index contributed by atoms with van der Waals surface area (Å²) in [4.78, 5) is 20.7. The molecule has 1 amide bonds. The van der Waals surface area contributed by atoms with Crippen LogP contribution in [-0.2, 0) is 9.59 Å². The first-order valence-electron chi connectivity index (χ1n) is 4.30. The summed E-state index contributed by atoms with van der Waals surface area (Å²) in [5.74, 6) is 0.00667. The maximum Gasteiger partial charge on any atom is 0.217 e. The van der Waals surface area contributed by atoms with Crippen molar-refractivity contribution in [3.8, 4) is 0 Å². The number of rotatable bonds is 3. The molecule has 0 spiro atoms. The molecule has 0 saturated heterocycles. The van der Waals surface area contributed by atoms with Crippen molar-refractivity contribution in [3.05, 3.63) is 0 Å². The number of aldehydes is 1. The Bertz CT molecular complexity index is 132. The van der Waals surface area contributed by atoms with Crippen LogP contribution in [0.15, 0.2) is 0 Å². The second kappa shape index (κ2) is 8.24. The number of nitrogens with one attached hydrogen (secondary N) is 1. The van der Waals surface area contributed by atoms with Crippen LogP contribution < -0.4 is 5.32 Å². The third-order valence-corrected chi connectivity index (χ3v) is 1.23. The molecule has 0 aromatic rings. The van der Waals surface area contributed by atoms with Crippen LogP contribution in [0.4, 0.5) is 0 Å². The average Bonchev–Trinajstić information content (AvgIpc) is 2.03. The van der Waals surface area contributed by atoms with E-state index in [2.05, 4.69) is 5.32 Å². The zero-order valence-electron chi connectivity index (χ0n) is 8.55. The van der Waals surface area contributed by atoms with Gasteiger partial charge in [0, 0.05) is 6.92 Å². The summed E-state index contributed by atoms with van der Waals surface area (Å²) in [5, 5.41) is 2.52. The first-order valence-corrected chi connectivity index (χ1v) is 4.30. The lowest BCUT2D eigenvalue weighted by Crippen LogP contribution is -2.38. The first kappa shape index (κ1) is 13.7. The number of hydrogen-bond acceptors (Lipinski definition) is 2. The highest BCUT2D eigenvalue weighted by Gasteiger charge is 2.11. The third kappa shape index (κ3) is 7.25. The molecule has 0 aromatic carbocycles. The highest BCUT2D eigenvalue weighted by molar-refractivity contribution is 5.77. The van der Waals surface area contributed by atoms with Crippen molar-refractivity contribution >= 4 is 12.2 Å². The second-order valence-corrected chi connectivity index (χ2v) is 2.61. The number of carbonyl (C=O) groups is 2. The van der Waals surface area contributed by atoms with Crippen LogP contribution >= 0.6 is 0 Å². The number of hydrogen-bond donors (Lipinski definition) is 1. The van der Waals surface area contributed by atoms with E-state index in [1.54, 1.807) is 0 Å². The van der Waals surface area contributed by atoms with Gasteiger partial charge in [-0.25, -0.2) is 0 Å². The predicted octanol–water partition coefficient (Wildman–Crippen LogP) is 1.37. The van der Waals surface area contributed by atoms with Crippen molar-refractivity contribution in [3.63, 3.8) is 0 Å². The summed E-state index contributed by atoms with van der Waals surface area (Å²) in [6, 6.07) is -0.336. The molecule has 0 aliphatic carbocycles. The second-order valence-electron chi connectivity index (χ2n) is 2.61. The van der Waals surface area contributed by atoms with Crippen LogP contribution in [0.3, 0.4) is 0 Å². The molecule has 0 aromatic heterocycles. The van der Waals surface area contributed by atoms with Crippen LogP contribution in [0.25, 0.3) is 0 Å². The molecule has 1 atom stereocenters. The molecule has 0 rings (SSSR count). The van der Waals surface area contributed by atoms with Gasteiger partial charge in [0.1, 0.15) is 6.29 Å². The predicted molar refractivity (Wildman–Crippen MR) is 49.9 cm³/mol. The fourth-order valence-electron chi connectivity index (χ4n) is 0.593. The van der Waals surface area contributed by atoms with Crippen molar-refractivity contribution in [1.82, 2.24) is 5.32 Å². The molecule has 0 aliphatic heterocycles. The van der Waals surface area contributed by atoms with Gasteiger partial charge in [-0.15, -0.1) is 0 Å². The van der Waals surface area contributed by atoms with E-state index in [0.29, 0.717) is 0 Å². The average molecular weight is 173 g/mol. The van der Waals surface area contributed by atoms with Gasteiger partial charge in [-0.1, -0.05) is 27.7 Å². The van der Waals surface area contributed by atoms with E-state index >= 15 is 0 Å². The highest BCUT2D eigenvalue weighted by Crippen LogP contribution is 1.97. The van der Waals surface area contributed by atoms with Crippen LogP contribution in [0.2, 0.25) is 0 Å². The summed E-state index contributed by atoms with van der Waals surface area (Å²) < 4.78 is 0. The molecular weight excluding hydrogens is 154 g/mol. The van der Waals surface area contributed by atoms with Gasteiger partial charge in [0.15, 0.2) is 0 Å². The Morgan fingerprint density at radius 3 is 1.83 bits per heavy atom. The van der Waals surface area contributed by atoms with Gasteiger partial charge in [-0.2, -0.15) is 0 Å². The van der Waals surface area contributed by atoms with Gasteiger partial charge < -0.3 is 10.1 Å². The fourth-order valence-corrected chi connectivity index (χ4v) is 0.593. The largest absolute Gasteiger partial charge is 0.347 e. The van der Waals surface area contributed by atoms with E-state index in [9.17, 15) is 9.59 Å². The molecule has 0 bridgehead atoms. The summed E-state index contributed by atoms with van der Waals surface area (Å²) in [6.45, 7) is 9.17. The molecule has 3 nitrogen and oxygen atoms in total. The minimum atomic E-state index is -0.336. The monoisotopic (exact) mass is 173 g/mol. The van der Waals surface area contributed by atoms with E-state index in [1.165, 1.54) is 6.92 Å². The minimum absolute atomic E-state index is 0.161. The van der Waals surface area contributed by atoms with Gasteiger partial charge >= 0.3 is 0 Å². The van der Waals surface area contributed by atoms with Gasteiger partial charge in [0.25, 0.3) is 0 Å². The van der Waals surface area contributed by atoms with Crippen LogP contribution in [0, 0.1) is 5.92 Å². The van der Waals surface area contributed by atoms with Gasteiger partial charge in [-0.05, 0) is 5.92 Å². The van der Waals surface area contributed by atoms with Gasteiger partial charge in [0.2, 0.25) is 5.91 Å². The Morgan fingerprint density at radius 1 is 1.33 bits per heavy atom. The molecule has 0 aliphatic rings. The first-order chi connectivity index (χ1) is 5.57. The molecule has 0 radical (unpaired) electrons. The van der Waals surface area contributed by atoms with E-state index in [4.69, 9.17) is 0 Å². The van der Waals surface area contributed by atoms with Crippen molar-refractivity contribution in [1.29, 1.82) is 0 Å². The fraction of sp³-hybridized carbons (Fsp3) is 0.778. The topological polar surface area (TPSA) is 46.2 Å². The van der Waals surface area contributed by atoms with Crippen LogP contribution in [0.5, 0.6) is 0 Å². The van der Waals surface area contributed by atoms with Crippen molar-refractivity contribution in [2.45, 2.75) is 40.7 Å². The molecule has 3 heteroatoms. The van der Waals surface area contributed by atoms with E-state index in [-0.39, 0.29) is 17.9 Å². The number of amides is 1.